The van der Waals surface area contributed by atoms with Crippen LogP contribution in [-0.2, 0) is 9.59 Å². The van der Waals surface area contributed by atoms with E-state index in [0.29, 0.717) is 12.8 Å². The highest BCUT2D eigenvalue weighted by Gasteiger charge is 2.40. The molecule has 5 nitrogen and oxygen atoms in total. The Kier molecular flexibility index (Phi) is 4.94. The van der Waals surface area contributed by atoms with Crippen molar-refractivity contribution in [3.8, 4) is 0 Å². The van der Waals surface area contributed by atoms with Crippen LogP contribution in [0.15, 0.2) is 24.5 Å². The average molecular weight is 316 g/mol. The molecule has 1 saturated carbocycles. The first-order valence-electron chi connectivity index (χ1n) is 8.61. The number of rotatable bonds is 3. The Morgan fingerprint density at radius 1 is 1.09 bits per heavy atom. The largest absolute Gasteiger partial charge is 0.481 e. The van der Waals surface area contributed by atoms with E-state index in [-0.39, 0.29) is 17.9 Å². The number of carbonyl (C=O) groups excluding carboxylic acids is 1. The van der Waals surface area contributed by atoms with E-state index in [1.54, 1.807) is 6.20 Å². The van der Waals surface area contributed by atoms with Crippen molar-refractivity contribution in [2.45, 2.75) is 51.0 Å². The molecule has 23 heavy (non-hydrogen) atoms. The summed E-state index contributed by atoms with van der Waals surface area (Å²) in [6.45, 7) is 0.723. The highest BCUT2D eigenvalue weighted by atomic mass is 16.4. The van der Waals surface area contributed by atoms with Gasteiger partial charge in [0.15, 0.2) is 0 Å². The second kappa shape index (κ2) is 7.11. The third-order valence-electron chi connectivity index (χ3n) is 5.26. The second-order valence-corrected chi connectivity index (χ2v) is 6.67. The Bertz CT molecular complexity index is 561. The summed E-state index contributed by atoms with van der Waals surface area (Å²) in [5, 5.41) is 9.46. The molecule has 0 bridgehead atoms. The number of nitrogens with zero attached hydrogens (tertiary/aromatic N) is 2. The molecule has 1 saturated heterocycles. The van der Waals surface area contributed by atoms with E-state index < -0.39 is 11.9 Å². The monoisotopic (exact) mass is 316 g/mol. The molecular weight excluding hydrogens is 292 g/mol. The topological polar surface area (TPSA) is 70.5 Å². The number of hydrogen-bond donors (Lipinski definition) is 1. The maximum absolute atomic E-state index is 13.1. The molecule has 3 rings (SSSR count). The van der Waals surface area contributed by atoms with E-state index in [4.69, 9.17) is 0 Å². The molecule has 0 radical (unpaired) electrons. The van der Waals surface area contributed by atoms with E-state index in [2.05, 4.69) is 4.98 Å². The summed E-state index contributed by atoms with van der Waals surface area (Å²) in [6.07, 6.45) is 9.76. The van der Waals surface area contributed by atoms with Crippen LogP contribution in [0, 0.1) is 11.8 Å². The SMILES string of the molecule is O=C(O)C1CCCCC1C(=O)N1CCCCC1c1cccnc1. The van der Waals surface area contributed by atoms with E-state index in [1.807, 2.05) is 23.2 Å². The number of pyridine rings is 1. The number of aliphatic carboxylic acids is 1. The number of carbonyl (C=O) groups is 2. The van der Waals surface area contributed by atoms with Gasteiger partial charge in [-0.25, -0.2) is 0 Å². The van der Waals surface area contributed by atoms with Gasteiger partial charge in [-0.15, -0.1) is 0 Å². The Balaban J connectivity index is 1.82. The van der Waals surface area contributed by atoms with Gasteiger partial charge < -0.3 is 10.0 Å². The maximum atomic E-state index is 13.1. The van der Waals surface area contributed by atoms with Gasteiger partial charge in [-0.1, -0.05) is 18.9 Å². The fraction of sp³-hybridized carbons (Fsp3) is 0.611. The van der Waals surface area contributed by atoms with Crippen molar-refractivity contribution in [3.05, 3.63) is 30.1 Å². The van der Waals surface area contributed by atoms with Crippen LogP contribution in [-0.4, -0.2) is 33.4 Å². The number of piperidine rings is 1. The molecule has 1 aromatic heterocycles. The molecule has 1 aliphatic heterocycles. The lowest BCUT2D eigenvalue weighted by atomic mass is 9.77. The molecule has 1 aromatic rings. The van der Waals surface area contributed by atoms with Crippen molar-refractivity contribution in [1.29, 1.82) is 0 Å². The minimum absolute atomic E-state index is 0.0330. The van der Waals surface area contributed by atoms with Crippen LogP contribution in [0.3, 0.4) is 0 Å². The molecule has 3 atom stereocenters. The van der Waals surface area contributed by atoms with Crippen molar-refractivity contribution in [2.24, 2.45) is 11.8 Å². The van der Waals surface area contributed by atoms with Gasteiger partial charge in [0.25, 0.3) is 0 Å². The summed E-state index contributed by atoms with van der Waals surface area (Å²) in [4.78, 5) is 30.7. The molecule has 2 fully saturated rings. The Morgan fingerprint density at radius 2 is 1.83 bits per heavy atom. The lowest BCUT2D eigenvalue weighted by Crippen LogP contribution is -2.46. The first-order valence-corrected chi connectivity index (χ1v) is 8.61. The molecule has 124 valence electrons. The van der Waals surface area contributed by atoms with Crippen LogP contribution >= 0.6 is 0 Å². The highest BCUT2D eigenvalue weighted by molar-refractivity contribution is 5.85. The second-order valence-electron chi connectivity index (χ2n) is 6.67. The van der Waals surface area contributed by atoms with E-state index in [9.17, 15) is 14.7 Å². The Morgan fingerprint density at radius 3 is 2.52 bits per heavy atom. The summed E-state index contributed by atoms with van der Waals surface area (Å²) < 4.78 is 0. The van der Waals surface area contributed by atoms with Gasteiger partial charge in [-0.05, 0) is 43.7 Å². The Labute approximate surface area is 136 Å². The fourth-order valence-corrected chi connectivity index (χ4v) is 4.05. The van der Waals surface area contributed by atoms with Gasteiger partial charge in [-0.2, -0.15) is 0 Å². The minimum Gasteiger partial charge on any atom is -0.481 e. The first kappa shape index (κ1) is 16.0. The van der Waals surface area contributed by atoms with Crippen molar-refractivity contribution in [3.63, 3.8) is 0 Å². The summed E-state index contributed by atoms with van der Waals surface area (Å²) in [5.41, 5.74) is 1.06. The molecule has 1 amide bonds. The number of likely N-dealkylation sites (tertiary alicyclic amines) is 1. The van der Waals surface area contributed by atoms with Gasteiger partial charge in [0.05, 0.1) is 17.9 Å². The van der Waals surface area contributed by atoms with E-state index in [1.165, 1.54) is 0 Å². The van der Waals surface area contributed by atoms with Crippen molar-refractivity contribution in [2.75, 3.05) is 6.54 Å². The Hall–Kier alpha value is -1.91. The van der Waals surface area contributed by atoms with Gasteiger partial charge in [0.1, 0.15) is 0 Å². The summed E-state index contributed by atoms with van der Waals surface area (Å²) in [6, 6.07) is 3.95. The van der Waals surface area contributed by atoms with Crippen LogP contribution in [0.25, 0.3) is 0 Å². The van der Waals surface area contributed by atoms with Crippen LogP contribution in [0.5, 0.6) is 0 Å². The predicted octanol–water partition coefficient (Wildman–Crippen LogP) is 3.03. The van der Waals surface area contributed by atoms with Gasteiger partial charge in [0.2, 0.25) is 5.91 Å². The predicted molar refractivity (Wildman–Crippen MR) is 85.6 cm³/mol. The number of amides is 1. The smallest absolute Gasteiger partial charge is 0.307 e. The molecule has 5 heteroatoms. The van der Waals surface area contributed by atoms with E-state index in [0.717, 1.165) is 44.2 Å². The maximum Gasteiger partial charge on any atom is 0.307 e. The first-order chi connectivity index (χ1) is 11.2. The van der Waals surface area contributed by atoms with Crippen LogP contribution in [0.1, 0.15) is 56.6 Å². The highest BCUT2D eigenvalue weighted by Crippen LogP contribution is 2.37. The van der Waals surface area contributed by atoms with Crippen molar-refractivity contribution < 1.29 is 14.7 Å². The zero-order valence-electron chi connectivity index (χ0n) is 13.4. The lowest BCUT2D eigenvalue weighted by Gasteiger charge is -2.40. The van der Waals surface area contributed by atoms with Gasteiger partial charge in [0, 0.05) is 18.9 Å². The molecule has 2 aliphatic rings. The molecule has 0 aromatic carbocycles. The molecular formula is C18H24N2O3. The number of carboxylic acids is 1. The third-order valence-corrected chi connectivity index (χ3v) is 5.26. The number of hydrogen-bond acceptors (Lipinski definition) is 3. The van der Waals surface area contributed by atoms with Crippen molar-refractivity contribution >= 4 is 11.9 Å². The number of aromatic nitrogens is 1. The van der Waals surface area contributed by atoms with E-state index >= 15 is 0 Å². The molecule has 1 N–H and O–H groups in total. The van der Waals surface area contributed by atoms with Gasteiger partial charge >= 0.3 is 5.97 Å². The lowest BCUT2D eigenvalue weighted by molar-refractivity contribution is -0.154. The molecule has 2 heterocycles. The fourth-order valence-electron chi connectivity index (χ4n) is 4.05. The molecule has 0 spiro atoms. The summed E-state index contributed by atoms with van der Waals surface area (Å²) in [7, 11) is 0. The minimum atomic E-state index is -0.821. The van der Waals surface area contributed by atoms with Crippen LogP contribution in [0.2, 0.25) is 0 Å². The van der Waals surface area contributed by atoms with Crippen LogP contribution < -0.4 is 0 Å². The molecule has 1 aliphatic carbocycles. The van der Waals surface area contributed by atoms with Crippen LogP contribution in [0.4, 0.5) is 0 Å². The zero-order chi connectivity index (χ0) is 16.2. The quantitative estimate of drug-likeness (QED) is 0.930. The molecule has 3 unspecified atom stereocenters. The zero-order valence-corrected chi connectivity index (χ0v) is 13.4. The summed E-state index contributed by atoms with van der Waals surface area (Å²) >= 11 is 0. The normalized spacial score (nSPS) is 28.3. The third kappa shape index (κ3) is 3.38. The van der Waals surface area contributed by atoms with Gasteiger partial charge in [-0.3, -0.25) is 14.6 Å². The standard InChI is InChI=1S/C18H24N2O3/c21-17(14-7-1-2-8-15(14)18(22)23)20-11-4-3-9-16(20)13-6-5-10-19-12-13/h5-6,10,12,14-16H,1-4,7-9,11H2,(H,22,23). The average Bonchev–Trinajstić information content (AvgIpc) is 2.62. The summed E-state index contributed by atoms with van der Waals surface area (Å²) in [5.74, 6) is -1.67. The number of carboxylic acid groups (broad SMARTS) is 1. The van der Waals surface area contributed by atoms with Crippen molar-refractivity contribution in [1.82, 2.24) is 9.88 Å².